The molecule has 0 aliphatic heterocycles. The number of nitrogens with two attached hydrogens (primary N) is 1. The first kappa shape index (κ1) is 23.9. The third kappa shape index (κ3) is 5.91. The number of anilines is 1. The van der Waals surface area contributed by atoms with Crippen LogP contribution in [0.5, 0.6) is 0 Å². The van der Waals surface area contributed by atoms with Gasteiger partial charge in [-0.3, -0.25) is 4.79 Å². The molecule has 8 heteroatoms. The molecule has 1 aliphatic rings. The number of nitrogens with zero attached hydrogens (tertiary/aromatic N) is 1. The minimum Gasteiger partial charge on any atom is -0.325 e. The number of benzene rings is 1. The zero-order valence-electron chi connectivity index (χ0n) is 16.3. The lowest BCUT2D eigenvalue weighted by Crippen LogP contribution is -2.40. The van der Waals surface area contributed by atoms with Crippen LogP contribution in [0.1, 0.15) is 52.4 Å². The van der Waals surface area contributed by atoms with Crippen molar-refractivity contribution in [1.29, 1.82) is 0 Å². The smallest absolute Gasteiger partial charge is 0.243 e. The van der Waals surface area contributed by atoms with Crippen LogP contribution in [0.15, 0.2) is 29.2 Å². The highest BCUT2D eigenvalue weighted by molar-refractivity contribution is 7.89. The van der Waals surface area contributed by atoms with E-state index in [1.807, 2.05) is 13.8 Å². The lowest BCUT2D eigenvalue weighted by Gasteiger charge is -2.30. The number of hydrogen-bond acceptors (Lipinski definition) is 4. The predicted molar refractivity (Wildman–Crippen MR) is 112 cm³/mol. The molecule has 2 atom stereocenters. The summed E-state index contributed by atoms with van der Waals surface area (Å²) in [5.74, 6) is -0.242. The molecular weight excluding hydrogens is 386 g/mol. The molecule has 1 fully saturated rings. The van der Waals surface area contributed by atoms with E-state index < -0.39 is 16.1 Å². The van der Waals surface area contributed by atoms with E-state index >= 15 is 0 Å². The van der Waals surface area contributed by atoms with Gasteiger partial charge in [0.1, 0.15) is 0 Å². The van der Waals surface area contributed by atoms with Crippen molar-refractivity contribution in [3.8, 4) is 0 Å². The molecule has 6 nitrogen and oxygen atoms in total. The number of amides is 1. The highest BCUT2D eigenvalue weighted by atomic mass is 35.5. The average Bonchev–Trinajstić information content (AvgIpc) is 2.66. The molecule has 1 aromatic rings. The van der Waals surface area contributed by atoms with Crippen molar-refractivity contribution in [3.63, 3.8) is 0 Å². The Morgan fingerprint density at radius 3 is 2.52 bits per heavy atom. The maximum absolute atomic E-state index is 12.9. The molecule has 27 heavy (non-hydrogen) atoms. The van der Waals surface area contributed by atoms with E-state index in [0.717, 1.165) is 32.1 Å². The van der Waals surface area contributed by atoms with Crippen LogP contribution >= 0.6 is 12.4 Å². The molecule has 1 aromatic carbocycles. The largest absolute Gasteiger partial charge is 0.325 e. The van der Waals surface area contributed by atoms with Crippen LogP contribution in [0, 0.1) is 5.92 Å². The topological polar surface area (TPSA) is 92.5 Å². The summed E-state index contributed by atoms with van der Waals surface area (Å²) in [5, 5.41) is 2.74. The van der Waals surface area contributed by atoms with Crippen LogP contribution in [-0.2, 0) is 14.8 Å². The molecule has 0 saturated heterocycles. The standard InChI is InChI=1S/C19H31N3O3S.ClH/c1-4-14(2)18(20)19(23)21-15-9-8-12-17(13-15)26(24,25)22(3)16-10-6-5-7-11-16;/h8-9,12-14,16,18H,4-7,10-11,20H2,1-3H3,(H,21,23);1H. The van der Waals surface area contributed by atoms with Crippen LogP contribution in [0.2, 0.25) is 0 Å². The number of carbonyl (C=O) groups excluding carboxylic acids is 1. The Bertz CT molecular complexity index is 721. The van der Waals surface area contributed by atoms with Gasteiger partial charge in [0, 0.05) is 18.8 Å². The summed E-state index contributed by atoms with van der Waals surface area (Å²) in [4.78, 5) is 12.5. The molecule has 0 heterocycles. The minimum absolute atomic E-state index is 0. The monoisotopic (exact) mass is 417 g/mol. The third-order valence-corrected chi connectivity index (χ3v) is 7.33. The Hall–Kier alpha value is -1.15. The van der Waals surface area contributed by atoms with Gasteiger partial charge in [-0.05, 0) is 37.0 Å². The Labute approximate surface area is 169 Å². The van der Waals surface area contributed by atoms with E-state index in [9.17, 15) is 13.2 Å². The molecule has 1 saturated carbocycles. The van der Waals surface area contributed by atoms with Crippen molar-refractivity contribution in [2.24, 2.45) is 11.7 Å². The molecule has 0 spiro atoms. The van der Waals surface area contributed by atoms with Crippen LogP contribution in [0.25, 0.3) is 0 Å². The molecule has 3 N–H and O–H groups in total. The molecule has 0 aromatic heterocycles. The first-order chi connectivity index (χ1) is 12.3. The maximum Gasteiger partial charge on any atom is 0.243 e. The highest BCUT2D eigenvalue weighted by Crippen LogP contribution is 2.27. The summed E-state index contributed by atoms with van der Waals surface area (Å²) >= 11 is 0. The van der Waals surface area contributed by atoms with Gasteiger partial charge in [0.15, 0.2) is 0 Å². The van der Waals surface area contributed by atoms with Crippen molar-refractivity contribution in [2.45, 2.75) is 69.4 Å². The fourth-order valence-electron chi connectivity index (χ4n) is 3.28. The number of carbonyl (C=O) groups is 1. The average molecular weight is 418 g/mol. The van der Waals surface area contributed by atoms with E-state index in [2.05, 4.69) is 5.32 Å². The minimum atomic E-state index is -3.59. The van der Waals surface area contributed by atoms with Crippen molar-refractivity contribution in [2.75, 3.05) is 12.4 Å². The fraction of sp³-hybridized carbons (Fsp3) is 0.632. The number of nitrogens with one attached hydrogen (secondary N) is 1. The normalized spacial score (nSPS) is 17.8. The van der Waals surface area contributed by atoms with Gasteiger partial charge in [0.05, 0.1) is 10.9 Å². The molecule has 2 rings (SSSR count). The number of hydrogen-bond donors (Lipinski definition) is 2. The zero-order valence-corrected chi connectivity index (χ0v) is 18.0. The van der Waals surface area contributed by atoms with Crippen LogP contribution < -0.4 is 11.1 Å². The van der Waals surface area contributed by atoms with Crippen molar-refractivity contribution in [3.05, 3.63) is 24.3 Å². The summed E-state index contributed by atoms with van der Waals surface area (Å²) in [6, 6.07) is 5.83. The first-order valence-electron chi connectivity index (χ1n) is 9.42. The van der Waals surface area contributed by atoms with Gasteiger partial charge < -0.3 is 11.1 Å². The Kier molecular flexibility index (Phi) is 9.21. The lowest BCUT2D eigenvalue weighted by molar-refractivity contribution is -0.118. The molecule has 154 valence electrons. The maximum atomic E-state index is 12.9. The predicted octanol–water partition coefficient (Wildman–Crippen LogP) is 3.37. The second-order valence-electron chi connectivity index (χ2n) is 7.24. The number of sulfonamides is 1. The molecule has 1 amide bonds. The quantitative estimate of drug-likeness (QED) is 0.711. The van der Waals surface area contributed by atoms with E-state index in [0.29, 0.717) is 5.69 Å². The Morgan fingerprint density at radius 1 is 1.30 bits per heavy atom. The summed E-state index contributed by atoms with van der Waals surface area (Å²) in [5.41, 5.74) is 6.40. The SMILES string of the molecule is CCC(C)C(N)C(=O)Nc1cccc(S(=O)(=O)N(C)C2CCCCC2)c1.Cl. The lowest BCUT2D eigenvalue weighted by atomic mass is 9.96. The fourth-order valence-corrected chi connectivity index (χ4v) is 4.74. The van der Waals surface area contributed by atoms with Gasteiger partial charge in [0.2, 0.25) is 15.9 Å². The van der Waals surface area contributed by atoms with Gasteiger partial charge in [-0.25, -0.2) is 8.42 Å². The van der Waals surface area contributed by atoms with Crippen LogP contribution in [-0.4, -0.2) is 37.8 Å². The van der Waals surface area contributed by atoms with E-state index in [1.165, 1.54) is 16.8 Å². The molecule has 0 bridgehead atoms. The molecule has 2 unspecified atom stereocenters. The molecular formula is C19H32ClN3O3S. The molecule has 0 radical (unpaired) electrons. The van der Waals surface area contributed by atoms with Crippen molar-refractivity contribution in [1.82, 2.24) is 4.31 Å². The van der Waals surface area contributed by atoms with Crippen LogP contribution in [0.3, 0.4) is 0 Å². The van der Waals surface area contributed by atoms with Crippen molar-refractivity contribution < 1.29 is 13.2 Å². The zero-order chi connectivity index (χ0) is 19.3. The van der Waals surface area contributed by atoms with Gasteiger partial charge in [-0.1, -0.05) is 45.6 Å². The number of halogens is 1. The number of rotatable bonds is 7. The van der Waals surface area contributed by atoms with Gasteiger partial charge in [-0.15, -0.1) is 12.4 Å². The summed E-state index contributed by atoms with van der Waals surface area (Å²) in [7, 11) is -1.94. The second-order valence-corrected chi connectivity index (χ2v) is 9.24. The highest BCUT2D eigenvalue weighted by Gasteiger charge is 2.29. The Morgan fingerprint density at radius 2 is 1.93 bits per heavy atom. The Balaban J connectivity index is 0.00000364. The van der Waals surface area contributed by atoms with Crippen LogP contribution in [0.4, 0.5) is 5.69 Å². The van der Waals surface area contributed by atoms with Crippen molar-refractivity contribution >= 4 is 34.0 Å². The summed E-state index contributed by atoms with van der Waals surface area (Å²) in [6.07, 6.45) is 5.89. The van der Waals surface area contributed by atoms with E-state index in [1.54, 1.807) is 25.2 Å². The third-order valence-electron chi connectivity index (χ3n) is 5.43. The van der Waals surface area contributed by atoms with E-state index in [4.69, 9.17) is 5.73 Å². The first-order valence-corrected chi connectivity index (χ1v) is 10.9. The van der Waals surface area contributed by atoms with Gasteiger partial charge in [-0.2, -0.15) is 4.31 Å². The van der Waals surface area contributed by atoms with Gasteiger partial charge >= 0.3 is 0 Å². The van der Waals surface area contributed by atoms with Gasteiger partial charge in [0.25, 0.3) is 0 Å². The van der Waals surface area contributed by atoms with E-state index in [-0.39, 0.29) is 35.2 Å². The summed E-state index contributed by atoms with van der Waals surface area (Å²) < 4.78 is 27.4. The molecule has 1 aliphatic carbocycles. The summed E-state index contributed by atoms with van der Waals surface area (Å²) in [6.45, 7) is 3.90. The second kappa shape index (κ2) is 10.4.